The van der Waals surface area contributed by atoms with Crippen molar-refractivity contribution in [2.24, 2.45) is 0 Å². The average molecular weight is 263 g/mol. The molecule has 1 heterocycles. The maximum absolute atomic E-state index is 13.5. The van der Waals surface area contributed by atoms with Gasteiger partial charge < -0.3 is 10.2 Å². The first-order chi connectivity index (χ1) is 9.09. The van der Waals surface area contributed by atoms with Gasteiger partial charge in [-0.05, 0) is 12.1 Å². The molecule has 0 aliphatic rings. The minimum Gasteiger partial charge on any atom is -0.378 e. The molecule has 1 aromatic carbocycles. The molecule has 100 valence electrons. The summed E-state index contributed by atoms with van der Waals surface area (Å²) in [5, 5.41) is 3.07. The Kier molecular flexibility index (Phi) is 3.94. The summed E-state index contributed by atoms with van der Waals surface area (Å²) in [6.45, 7) is 0.204. The van der Waals surface area contributed by atoms with E-state index in [1.54, 1.807) is 18.5 Å². The first kappa shape index (κ1) is 13.3. The van der Waals surface area contributed by atoms with Crippen LogP contribution in [0.15, 0.2) is 36.7 Å². The van der Waals surface area contributed by atoms with Crippen LogP contribution < -0.4 is 10.2 Å². The van der Waals surface area contributed by atoms with Gasteiger partial charge in [-0.2, -0.15) is 0 Å². The Bertz CT molecular complexity index is 570. The molecule has 0 amide bonds. The number of hydrogen-bond donors (Lipinski definition) is 1. The first-order valence-corrected chi connectivity index (χ1v) is 5.87. The molecule has 2 aromatic rings. The fourth-order valence-electron chi connectivity index (χ4n) is 1.79. The molecule has 0 saturated heterocycles. The lowest BCUT2D eigenvalue weighted by Crippen LogP contribution is -2.12. The number of hydrogen-bond acceptors (Lipinski definition) is 3. The highest BCUT2D eigenvalue weighted by atomic mass is 19.2. The Morgan fingerprint density at radius 1 is 1.21 bits per heavy atom. The van der Waals surface area contributed by atoms with E-state index < -0.39 is 11.6 Å². The second-order valence-corrected chi connectivity index (χ2v) is 4.35. The van der Waals surface area contributed by atoms with Crippen LogP contribution in [-0.2, 0) is 6.54 Å². The van der Waals surface area contributed by atoms with Gasteiger partial charge in [0, 0.05) is 32.4 Å². The average Bonchev–Trinajstić information content (AvgIpc) is 2.40. The molecule has 0 bridgehead atoms. The zero-order valence-corrected chi connectivity index (χ0v) is 10.8. The zero-order valence-electron chi connectivity index (χ0n) is 10.8. The van der Waals surface area contributed by atoms with E-state index in [0.29, 0.717) is 0 Å². The lowest BCUT2D eigenvalue weighted by Gasteiger charge is -2.18. The molecule has 0 aliphatic heterocycles. The minimum absolute atomic E-state index is 0.204. The van der Waals surface area contributed by atoms with Crippen LogP contribution in [0.1, 0.15) is 5.56 Å². The molecule has 2 rings (SSSR count). The SMILES string of the molecule is CN(C)c1ccncc1NCc1cccc(F)c1F. The number of anilines is 2. The lowest BCUT2D eigenvalue weighted by atomic mass is 10.2. The van der Waals surface area contributed by atoms with E-state index in [1.807, 2.05) is 25.1 Å². The summed E-state index contributed by atoms with van der Waals surface area (Å²) in [4.78, 5) is 5.95. The van der Waals surface area contributed by atoms with E-state index in [-0.39, 0.29) is 12.1 Å². The molecule has 3 nitrogen and oxygen atoms in total. The lowest BCUT2D eigenvalue weighted by molar-refractivity contribution is 0.500. The van der Waals surface area contributed by atoms with Crippen molar-refractivity contribution in [1.29, 1.82) is 0 Å². The van der Waals surface area contributed by atoms with Gasteiger partial charge in [0.1, 0.15) is 0 Å². The highest BCUT2D eigenvalue weighted by Crippen LogP contribution is 2.23. The number of nitrogens with one attached hydrogen (secondary N) is 1. The van der Waals surface area contributed by atoms with Crippen molar-refractivity contribution in [3.05, 3.63) is 53.9 Å². The number of halogens is 2. The second-order valence-electron chi connectivity index (χ2n) is 4.35. The van der Waals surface area contributed by atoms with Crippen molar-refractivity contribution < 1.29 is 8.78 Å². The molecule has 0 aliphatic carbocycles. The third-order valence-electron chi connectivity index (χ3n) is 2.78. The fourth-order valence-corrected chi connectivity index (χ4v) is 1.79. The van der Waals surface area contributed by atoms with Crippen LogP contribution in [0.3, 0.4) is 0 Å². The van der Waals surface area contributed by atoms with E-state index >= 15 is 0 Å². The van der Waals surface area contributed by atoms with Crippen LogP contribution in [0.25, 0.3) is 0 Å². The Hall–Kier alpha value is -2.17. The van der Waals surface area contributed by atoms with Crippen molar-refractivity contribution in [2.45, 2.75) is 6.54 Å². The van der Waals surface area contributed by atoms with Gasteiger partial charge in [0.2, 0.25) is 0 Å². The number of nitrogens with zero attached hydrogens (tertiary/aromatic N) is 2. The van der Waals surface area contributed by atoms with Gasteiger partial charge in [-0.15, -0.1) is 0 Å². The Balaban J connectivity index is 2.17. The first-order valence-electron chi connectivity index (χ1n) is 5.87. The summed E-state index contributed by atoms with van der Waals surface area (Å²) in [6.07, 6.45) is 3.34. The van der Waals surface area contributed by atoms with Crippen LogP contribution in [0.2, 0.25) is 0 Å². The van der Waals surface area contributed by atoms with E-state index in [0.717, 1.165) is 17.4 Å². The molecule has 0 atom stereocenters. The molecule has 0 unspecified atom stereocenters. The summed E-state index contributed by atoms with van der Waals surface area (Å²) in [7, 11) is 3.81. The third-order valence-corrected chi connectivity index (χ3v) is 2.78. The molecule has 0 spiro atoms. The van der Waals surface area contributed by atoms with Crippen LogP contribution in [-0.4, -0.2) is 19.1 Å². The van der Waals surface area contributed by atoms with Gasteiger partial charge >= 0.3 is 0 Å². The van der Waals surface area contributed by atoms with Crippen LogP contribution in [0.5, 0.6) is 0 Å². The van der Waals surface area contributed by atoms with E-state index in [9.17, 15) is 8.78 Å². The van der Waals surface area contributed by atoms with Crippen LogP contribution >= 0.6 is 0 Å². The summed E-state index contributed by atoms with van der Waals surface area (Å²) in [5.74, 6) is -1.65. The summed E-state index contributed by atoms with van der Waals surface area (Å²) >= 11 is 0. The predicted octanol–water partition coefficient (Wildman–Crippen LogP) is 3.04. The summed E-state index contributed by atoms with van der Waals surface area (Å²) in [5.41, 5.74) is 2.00. The van der Waals surface area contributed by atoms with Crippen LogP contribution in [0.4, 0.5) is 20.2 Å². The smallest absolute Gasteiger partial charge is 0.163 e. The van der Waals surface area contributed by atoms with Gasteiger partial charge in [0.05, 0.1) is 17.6 Å². The number of pyridine rings is 1. The quantitative estimate of drug-likeness (QED) is 0.919. The monoisotopic (exact) mass is 263 g/mol. The fraction of sp³-hybridized carbons (Fsp3) is 0.214. The number of aromatic nitrogens is 1. The Labute approximate surface area is 110 Å². The van der Waals surface area contributed by atoms with Crippen molar-refractivity contribution in [1.82, 2.24) is 4.98 Å². The summed E-state index contributed by atoms with van der Waals surface area (Å²) < 4.78 is 26.6. The molecule has 0 saturated carbocycles. The minimum atomic E-state index is -0.835. The molecule has 0 radical (unpaired) electrons. The standard InChI is InChI=1S/C14H15F2N3/c1-19(2)13-6-7-17-9-12(13)18-8-10-4-3-5-11(15)14(10)16/h3-7,9,18H,8H2,1-2H3. The highest BCUT2D eigenvalue weighted by molar-refractivity contribution is 5.68. The number of rotatable bonds is 4. The Morgan fingerprint density at radius 2 is 2.00 bits per heavy atom. The van der Waals surface area contributed by atoms with Crippen molar-refractivity contribution >= 4 is 11.4 Å². The van der Waals surface area contributed by atoms with Gasteiger partial charge in [-0.25, -0.2) is 8.78 Å². The normalized spacial score (nSPS) is 10.3. The molecule has 1 N–H and O–H groups in total. The van der Waals surface area contributed by atoms with Crippen molar-refractivity contribution in [2.75, 3.05) is 24.3 Å². The van der Waals surface area contributed by atoms with Gasteiger partial charge in [-0.1, -0.05) is 12.1 Å². The van der Waals surface area contributed by atoms with E-state index in [2.05, 4.69) is 10.3 Å². The molecule has 0 fully saturated rings. The van der Waals surface area contributed by atoms with Gasteiger partial charge in [0.25, 0.3) is 0 Å². The van der Waals surface area contributed by atoms with Gasteiger partial charge in [0.15, 0.2) is 11.6 Å². The maximum Gasteiger partial charge on any atom is 0.163 e. The highest BCUT2D eigenvalue weighted by Gasteiger charge is 2.09. The molecular formula is C14H15F2N3. The van der Waals surface area contributed by atoms with Crippen LogP contribution in [0, 0.1) is 11.6 Å². The zero-order chi connectivity index (χ0) is 13.8. The largest absolute Gasteiger partial charge is 0.378 e. The van der Waals surface area contributed by atoms with Crippen molar-refractivity contribution in [3.8, 4) is 0 Å². The maximum atomic E-state index is 13.5. The topological polar surface area (TPSA) is 28.2 Å². The predicted molar refractivity (Wildman–Crippen MR) is 72.2 cm³/mol. The molecule has 5 heteroatoms. The molecular weight excluding hydrogens is 248 g/mol. The third kappa shape index (κ3) is 2.99. The van der Waals surface area contributed by atoms with Gasteiger partial charge in [-0.3, -0.25) is 4.98 Å². The Morgan fingerprint density at radius 3 is 2.74 bits per heavy atom. The van der Waals surface area contributed by atoms with E-state index in [4.69, 9.17) is 0 Å². The molecule has 1 aromatic heterocycles. The molecule has 19 heavy (non-hydrogen) atoms. The van der Waals surface area contributed by atoms with Crippen molar-refractivity contribution in [3.63, 3.8) is 0 Å². The second kappa shape index (κ2) is 5.65. The summed E-state index contributed by atoms with van der Waals surface area (Å²) in [6, 6.07) is 6.00. The van der Waals surface area contributed by atoms with E-state index in [1.165, 1.54) is 6.07 Å². The number of benzene rings is 1.